The van der Waals surface area contributed by atoms with Gasteiger partial charge in [0, 0.05) is 22.3 Å². The van der Waals surface area contributed by atoms with Gasteiger partial charge in [0.25, 0.3) is 23.6 Å². The summed E-state index contributed by atoms with van der Waals surface area (Å²) in [6, 6.07) is 51.4. The van der Waals surface area contributed by atoms with Crippen molar-refractivity contribution in [1.82, 2.24) is 9.97 Å². The number of aromatic nitrogens is 2. The monoisotopic (exact) mass is 926 g/mol. The fourth-order valence-electron chi connectivity index (χ4n) is 10.3. The number of fused-ring (bicyclic) bond motifs is 6. The Hall–Kier alpha value is -10.0. The minimum absolute atomic E-state index is 0.00894. The van der Waals surface area contributed by atoms with Crippen molar-refractivity contribution in [1.29, 1.82) is 0 Å². The predicted octanol–water partition coefficient (Wildman–Crippen LogP) is 9.55. The highest BCUT2D eigenvalue weighted by atomic mass is 16.4. The van der Waals surface area contributed by atoms with Crippen molar-refractivity contribution in [3.63, 3.8) is 0 Å². The van der Waals surface area contributed by atoms with Crippen LogP contribution in [0.2, 0.25) is 0 Å². The van der Waals surface area contributed by atoms with Crippen LogP contribution < -0.4 is 21.1 Å². The molecule has 4 heterocycles. The maximum atomic E-state index is 14.2. The lowest BCUT2D eigenvalue weighted by Crippen LogP contribution is -2.38. The van der Waals surface area contributed by atoms with Crippen molar-refractivity contribution < 1.29 is 32.8 Å². The third-order valence-electron chi connectivity index (χ3n) is 13.6. The van der Waals surface area contributed by atoms with Crippen LogP contribution in [0.4, 0.5) is 11.4 Å². The van der Waals surface area contributed by atoms with Gasteiger partial charge in [-0.2, -0.15) is 0 Å². The van der Waals surface area contributed by atoms with E-state index in [0.717, 1.165) is 9.80 Å². The van der Waals surface area contributed by atoms with Crippen LogP contribution in [0.15, 0.2) is 200 Å². The highest BCUT2D eigenvalue weighted by Crippen LogP contribution is 2.51. The Morgan fingerprint density at radius 1 is 0.366 bits per heavy atom. The van der Waals surface area contributed by atoms with Gasteiger partial charge in [-0.15, -0.1) is 0 Å². The number of amides is 4. The van der Waals surface area contributed by atoms with Crippen LogP contribution in [0, 0.1) is 0 Å². The van der Waals surface area contributed by atoms with Crippen LogP contribution in [0.5, 0.6) is 0 Å². The molecule has 0 saturated carbocycles. The highest BCUT2D eigenvalue weighted by Gasteiger charge is 2.47. The molecule has 13 nitrogen and oxygen atoms in total. The second-order valence-corrected chi connectivity index (χ2v) is 17.3. The van der Waals surface area contributed by atoms with Gasteiger partial charge < -0.3 is 8.83 Å². The molecule has 0 N–H and O–H groups in total. The molecule has 0 radical (unpaired) electrons. The molecule has 336 valence electrons. The molecular weight excluding hydrogens is 897 g/mol. The van der Waals surface area contributed by atoms with Crippen molar-refractivity contribution in [2.45, 2.75) is 5.41 Å². The van der Waals surface area contributed by atoms with Gasteiger partial charge in [0.1, 0.15) is 0 Å². The molecule has 0 unspecified atom stereocenters. The quantitative estimate of drug-likeness (QED) is 0.145. The number of rotatable bonds is 6. The molecule has 0 spiro atoms. The van der Waals surface area contributed by atoms with E-state index in [1.165, 1.54) is 24.3 Å². The number of imide groups is 2. The second-order valence-electron chi connectivity index (χ2n) is 17.3. The first kappa shape index (κ1) is 41.2. The van der Waals surface area contributed by atoms with E-state index in [4.69, 9.17) is 8.83 Å². The lowest BCUT2D eigenvalue weighted by molar-refractivity contribution is 0.0910. The van der Waals surface area contributed by atoms with Crippen molar-refractivity contribution >= 4 is 62.6 Å². The molecular formula is C58H30N4O9. The zero-order chi connectivity index (χ0) is 48.3. The maximum Gasteiger partial charge on any atom is 0.347 e. The number of anilines is 2. The summed E-state index contributed by atoms with van der Waals surface area (Å²) in [6.45, 7) is 0. The van der Waals surface area contributed by atoms with Gasteiger partial charge in [0.2, 0.25) is 11.8 Å². The topological polar surface area (TPSA) is 178 Å². The van der Waals surface area contributed by atoms with Gasteiger partial charge in [0.15, 0.2) is 5.78 Å². The first-order valence-corrected chi connectivity index (χ1v) is 22.4. The number of carbonyl (C=O) groups excluding carboxylic acids is 5. The zero-order valence-electron chi connectivity index (χ0n) is 36.8. The Balaban J connectivity index is 0.875. The van der Waals surface area contributed by atoms with Gasteiger partial charge in [-0.1, -0.05) is 97.1 Å². The molecule has 8 aromatic carbocycles. The Bertz CT molecular complexity index is 3910. The largest absolute Gasteiger partial charge is 0.403 e. The van der Waals surface area contributed by atoms with Gasteiger partial charge in [-0.05, 0) is 107 Å². The third-order valence-corrected chi connectivity index (χ3v) is 13.6. The predicted molar refractivity (Wildman–Crippen MR) is 262 cm³/mol. The van der Waals surface area contributed by atoms with Crippen molar-refractivity contribution in [2.24, 2.45) is 0 Å². The summed E-state index contributed by atoms with van der Waals surface area (Å²) in [6.07, 6.45) is 0. The number of ketones is 1. The summed E-state index contributed by atoms with van der Waals surface area (Å²) in [4.78, 5) is 107. The van der Waals surface area contributed by atoms with Crippen molar-refractivity contribution in [3.8, 4) is 22.9 Å². The summed E-state index contributed by atoms with van der Waals surface area (Å²) in [5, 5.41) is 0.631. The molecule has 0 bridgehead atoms. The molecule has 1 aliphatic carbocycles. The van der Waals surface area contributed by atoms with E-state index in [9.17, 15) is 33.6 Å². The minimum atomic E-state index is -1.17. The summed E-state index contributed by atoms with van der Waals surface area (Å²) < 4.78 is 11.1. The third kappa shape index (κ3) is 5.96. The van der Waals surface area contributed by atoms with E-state index in [2.05, 4.69) is 9.97 Å². The van der Waals surface area contributed by atoms with Crippen LogP contribution in [0.1, 0.15) is 79.6 Å². The number of hydrogen-bond acceptors (Lipinski definition) is 11. The standard InChI is InChI=1S/C58H30N4O9/c63-49-39-9-1-5-13-45(39)58(46-14-6-2-10-40(46)49,33-19-23-35(24-20-33)61-52(64)37-27-17-31(29-43(37)54(61)66)50-59-47-15-7-3-11-41(47)56(68)70-50)34-21-25-36(26-22-34)62-53(65)38-28-18-32(30-44(38)55(62)67)51-60-48-16-8-4-12-42(48)57(69)71-51/h1-30H. The van der Waals surface area contributed by atoms with Gasteiger partial charge in [0.05, 0.1) is 60.8 Å². The van der Waals surface area contributed by atoms with E-state index in [0.29, 0.717) is 77.7 Å². The Morgan fingerprint density at radius 2 is 0.746 bits per heavy atom. The van der Waals surface area contributed by atoms with Crippen LogP contribution >= 0.6 is 0 Å². The van der Waals surface area contributed by atoms with Crippen molar-refractivity contribution in [3.05, 3.63) is 258 Å². The first-order chi connectivity index (χ1) is 34.6. The van der Waals surface area contributed by atoms with Crippen molar-refractivity contribution in [2.75, 3.05) is 9.80 Å². The lowest BCUT2D eigenvalue weighted by atomic mass is 9.59. The smallest absolute Gasteiger partial charge is 0.347 e. The molecule has 4 amide bonds. The minimum Gasteiger partial charge on any atom is -0.403 e. The average Bonchev–Trinajstić information content (AvgIpc) is 3.81. The van der Waals surface area contributed by atoms with E-state index >= 15 is 0 Å². The van der Waals surface area contributed by atoms with Gasteiger partial charge >= 0.3 is 11.3 Å². The Morgan fingerprint density at radius 3 is 1.18 bits per heavy atom. The van der Waals surface area contributed by atoms with Crippen LogP contribution in [-0.4, -0.2) is 39.4 Å². The molecule has 2 aromatic heterocycles. The Kier molecular flexibility index (Phi) is 8.85. The fourth-order valence-corrected chi connectivity index (χ4v) is 10.3. The van der Waals surface area contributed by atoms with E-state index in [1.807, 2.05) is 48.5 Å². The van der Waals surface area contributed by atoms with Gasteiger partial charge in [-0.25, -0.2) is 29.4 Å². The van der Waals surface area contributed by atoms with Crippen LogP contribution in [0.3, 0.4) is 0 Å². The molecule has 10 aromatic rings. The fraction of sp³-hybridized carbons (Fsp3) is 0.0172. The molecule has 0 saturated heterocycles. The molecule has 13 rings (SSSR count). The molecule has 0 fully saturated rings. The lowest BCUT2D eigenvalue weighted by Gasteiger charge is -2.41. The summed E-state index contributed by atoms with van der Waals surface area (Å²) >= 11 is 0. The molecule has 71 heavy (non-hydrogen) atoms. The van der Waals surface area contributed by atoms with Crippen LogP contribution in [-0.2, 0) is 5.41 Å². The molecule has 0 atom stereocenters. The molecule has 13 heteroatoms. The number of carbonyl (C=O) groups is 5. The summed E-state index contributed by atoms with van der Waals surface area (Å²) in [5.41, 5.74) is 4.08. The normalized spacial score (nSPS) is 14.5. The summed E-state index contributed by atoms with van der Waals surface area (Å²) in [7, 11) is 0. The number of benzene rings is 8. The second kappa shape index (κ2) is 15.3. The van der Waals surface area contributed by atoms with E-state index < -0.39 is 40.3 Å². The first-order valence-electron chi connectivity index (χ1n) is 22.4. The number of para-hydroxylation sites is 2. The van der Waals surface area contributed by atoms with Crippen LogP contribution in [0.25, 0.3) is 44.7 Å². The number of hydrogen-bond donors (Lipinski definition) is 0. The Labute approximate surface area is 400 Å². The van der Waals surface area contributed by atoms with E-state index in [1.54, 1.807) is 109 Å². The van der Waals surface area contributed by atoms with Gasteiger partial charge in [-0.3, -0.25) is 24.0 Å². The maximum absolute atomic E-state index is 14.2. The molecule has 3 aliphatic rings. The average molecular weight is 927 g/mol. The van der Waals surface area contributed by atoms with E-state index in [-0.39, 0.29) is 39.8 Å². The number of nitrogens with zero attached hydrogens (tertiary/aromatic N) is 4. The zero-order valence-corrected chi connectivity index (χ0v) is 36.8. The summed E-state index contributed by atoms with van der Waals surface area (Å²) in [5.74, 6) is -2.37. The molecule has 2 aliphatic heterocycles. The highest BCUT2D eigenvalue weighted by molar-refractivity contribution is 6.35. The SMILES string of the molecule is O=C1c2ccccc2C(c2ccc(N3C(=O)c4ccc(-c5nc6ccccc6c(=O)o5)cc4C3=O)cc2)(c2ccc(N3C(=O)c4ccc(-c5nc6ccccc6c(=O)o5)cc4C3=O)cc2)c2ccccc21.